The first kappa shape index (κ1) is 8.05. The Morgan fingerprint density at radius 2 is 2.50 bits per heavy atom. The Morgan fingerprint density at radius 3 is 3.08 bits per heavy atom. The van der Waals surface area contributed by atoms with Crippen LogP contribution in [0.1, 0.15) is 19.8 Å². The Balaban J connectivity index is 1.87. The summed E-state index contributed by atoms with van der Waals surface area (Å²) in [5.74, 6) is 0.472. The Labute approximate surface area is 72.0 Å². The van der Waals surface area contributed by atoms with Crippen molar-refractivity contribution in [2.75, 3.05) is 13.2 Å². The second-order valence-corrected chi connectivity index (χ2v) is 3.42. The maximum absolute atomic E-state index is 11.3. The standard InChI is InChI=1S/C9H14O3/c1-2-11-9(10)7-6-4-3-5-12-8(6)7/h6-8H,2-5H2,1H3/t6-,7-,8-/m1/s1. The van der Waals surface area contributed by atoms with Gasteiger partial charge in [0.2, 0.25) is 0 Å². The van der Waals surface area contributed by atoms with E-state index in [1.807, 2.05) is 6.92 Å². The zero-order valence-electron chi connectivity index (χ0n) is 7.29. The van der Waals surface area contributed by atoms with Gasteiger partial charge in [0.25, 0.3) is 0 Å². The summed E-state index contributed by atoms with van der Waals surface area (Å²) in [5.41, 5.74) is 0. The van der Waals surface area contributed by atoms with Crippen LogP contribution in [0.5, 0.6) is 0 Å². The third-order valence-electron chi connectivity index (χ3n) is 2.65. The van der Waals surface area contributed by atoms with Gasteiger partial charge < -0.3 is 9.47 Å². The van der Waals surface area contributed by atoms with Crippen molar-refractivity contribution in [3.05, 3.63) is 0 Å². The SMILES string of the molecule is CCOC(=O)[C@@H]1[C@H]2CCCO[C@H]21. The van der Waals surface area contributed by atoms with Crippen LogP contribution >= 0.6 is 0 Å². The van der Waals surface area contributed by atoms with Crippen LogP contribution < -0.4 is 0 Å². The summed E-state index contributed by atoms with van der Waals surface area (Å²) in [6.07, 6.45) is 2.42. The maximum atomic E-state index is 11.3. The maximum Gasteiger partial charge on any atom is 0.311 e. The summed E-state index contributed by atoms with van der Waals surface area (Å²) >= 11 is 0. The highest BCUT2D eigenvalue weighted by atomic mass is 16.5. The number of ether oxygens (including phenoxy) is 2. The Hall–Kier alpha value is -0.570. The van der Waals surface area contributed by atoms with E-state index in [1.54, 1.807) is 0 Å². The molecule has 3 atom stereocenters. The minimum Gasteiger partial charge on any atom is -0.466 e. The van der Waals surface area contributed by atoms with E-state index in [1.165, 1.54) is 0 Å². The van der Waals surface area contributed by atoms with Gasteiger partial charge in [-0.05, 0) is 19.8 Å². The van der Waals surface area contributed by atoms with Crippen LogP contribution in [0, 0.1) is 11.8 Å². The number of hydrogen-bond acceptors (Lipinski definition) is 3. The molecule has 0 spiro atoms. The normalized spacial score (nSPS) is 38.6. The molecule has 1 aliphatic heterocycles. The first-order valence-corrected chi connectivity index (χ1v) is 4.63. The molecule has 0 aromatic heterocycles. The molecule has 0 bridgehead atoms. The first-order chi connectivity index (χ1) is 5.84. The summed E-state index contributed by atoms with van der Waals surface area (Å²) < 4.78 is 10.4. The van der Waals surface area contributed by atoms with Crippen molar-refractivity contribution in [3.63, 3.8) is 0 Å². The van der Waals surface area contributed by atoms with Gasteiger partial charge in [-0.2, -0.15) is 0 Å². The lowest BCUT2D eigenvalue weighted by Gasteiger charge is -2.07. The number of esters is 1. The van der Waals surface area contributed by atoms with E-state index in [4.69, 9.17) is 9.47 Å². The smallest absolute Gasteiger partial charge is 0.311 e. The van der Waals surface area contributed by atoms with Gasteiger partial charge in [0.15, 0.2) is 0 Å². The quantitative estimate of drug-likeness (QED) is 0.579. The summed E-state index contributed by atoms with van der Waals surface area (Å²) in [5, 5.41) is 0. The highest BCUT2D eigenvalue weighted by Crippen LogP contribution is 2.48. The fraction of sp³-hybridized carbons (Fsp3) is 0.889. The number of hydrogen-bond donors (Lipinski definition) is 0. The minimum atomic E-state index is -0.0607. The number of carbonyl (C=O) groups is 1. The van der Waals surface area contributed by atoms with Gasteiger partial charge in [0.05, 0.1) is 18.6 Å². The molecule has 0 amide bonds. The molecule has 0 radical (unpaired) electrons. The van der Waals surface area contributed by atoms with Crippen LogP contribution in [0.3, 0.4) is 0 Å². The van der Waals surface area contributed by atoms with E-state index in [0.29, 0.717) is 12.5 Å². The lowest BCUT2D eigenvalue weighted by molar-refractivity contribution is -0.145. The molecular formula is C9H14O3. The predicted molar refractivity (Wildman–Crippen MR) is 42.6 cm³/mol. The molecule has 0 N–H and O–H groups in total. The number of fused-ring (bicyclic) bond motifs is 1. The largest absolute Gasteiger partial charge is 0.466 e. The summed E-state index contributed by atoms with van der Waals surface area (Å²) in [6.45, 7) is 3.14. The zero-order valence-corrected chi connectivity index (χ0v) is 7.29. The predicted octanol–water partition coefficient (Wildman–Crippen LogP) is 0.974. The molecular weight excluding hydrogens is 156 g/mol. The van der Waals surface area contributed by atoms with E-state index in [0.717, 1.165) is 19.4 Å². The van der Waals surface area contributed by atoms with Gasteiger partial charge in [-0.1, -0.05) is 0 Å². The van der Waals surface area contributed by atoms with Crippen molar-refractivity contribution in [1.82, 2.24) is 0 Å². The van der Waals surface area contributed by atoms with Gasteiger partial charge in [0.1, 0.15) is 0 Å². The molecule has 68 valence electrons. The van der Waals surface area contributed by atoms with Crippen LogP contribution in [0.2, 0.25) is 0 Å². The topological polar surface area (TPSA) is 35.5 Å². The van der Waals surface area contributed by atoms with Crippen LogP contribution in [0.4, 0.5) is 0 Å². The molecule has 3 nitrogen and oxygen atoms in total. The molecule has 12 heavy (non-hydrogen) atoms. The van der Waals surface area contributed by atoms with Crippen LogP contribution in [-0.4, -0.2) is 25.3 Å². The highest BCUT2D eigenvalue weighted by Gasteiger charge is 2.57. The molecule has 1 saturated heterocycles. The average Bonchev–Trinajstić information content (AvgIpc) is 2.78. The third kappa shape index (κ3) is 1.22. The minimum absolute atomic E-state index is 0.0607. The Morgan fingerprint density at radius 1 is 1.67 bits per heavy atom. The molecule has 1 saturated carbocycles. The number of carbonyl (C=O) groups excluding carboxylic acids is 1. The Kier molecular flexibility index (Phi) is 2.05. The Bertz CT molecular complexity index is 178. The third-order valence-corrected chi connectivity index (χ3v) is 2.65. The molecule has 0 aromatic rings. The van der Waals surface area contributed by atoms with Crippen molar-refractivity contribution in [2.45, 2.75) is 25.9 Å². The summed E-state index contributed by atoms with van der Waals surface area (Å²) in [4.78, 5) is 11.3. The molecule has 0 aromatic carbocycles. The van der Waals surface area contributed by atoms with Crippen LogP contribution in [-0.2, 0) is 14.3 Å². The van der Waals surface area contributed by atoms with Gasteiger partial charge in [-0.15, -0.1) is 0 Å². The van der Waals surface area contributed by atoms with Crippen molar-refractivity contribution in [2.24, 2.45) is 11.8 Å². The van der Waals surface area contributed by atoms with E-state index < -0.39 is 0 Å². The van der Waals surface area contributed by atoms with Crippen molar-refractivity contribution < 1.29 is 14.3 Å². The highest BCUT2D eigenvalue weighted by molar-refractivity contribution is 5.77. The molecule has 0 unspecified atom stereocenters. The zero-order chi connectivity index (χ0) is 8.55. The van der Waals surface area contributed by atoms with E-state index in [-0.39, 0.29) is 18.0 Å². The molecule has 1 aliphatic carbocycles. The van der Waals surface area contributed by atoms with E-state index >= 15 is 0 Å². The number of rotatable bonds is 2. The molecule has 3 heteroatoms. The fourth-order valence-electron chi connectivity index (χ4n) is 2.00. The molecule has 2 rings (SSSR count). The first-order valence-electron chi connectivity index (χ1n) is 4.63. The van der Waals surface area contributed by atoms with Crippen LogP contribution in [0.15, 0.2) is 0 Å². The van der Waals surface area contributed by atoms with Crippen molar-refractivity contribution >= 4 is 5.97 Å². The van der Waals surface area contributed by atoms with Gasteiger partial charge in [-0.3, -0.25) is 4.79 Å². The summed E-state index contributed by atoms with van der Waals surface area (Å²) in [6, 6.07) is 0. The monoisotopic (exact) mass is 170 g/mol. The van der Waals surface area contributed by atoms with Gasteiger partial charge >= 0.3 is 5.97 Å². The van der Waals surface area contributed by atoms with Crippen LogP contribution in [0.25, 0.3) is 0 Å². The van der Waals surface area contributed by atoms with E-state index in [9.17, 15) is 4.79 Å². The fourth-order valence-corrected chi connectivity index (χ4v) is 2.00. The molecule has 1 heterocycles. The van der Waals surface area contributed by atoms with E-state index in [2.05, 4.69) is 0 Å². The average molecular weight is 170 g/mol. The lowest BCUT2D eigenvalue weighted by atomic mass is 10.2. The van der Waals surface area contributed by atoms with Crippen molar-refractivity contribution in [1.29, 1.82) is 0 Å². The van der Waals surface area contributed by atoms with Crippen molar-refractivity contribution in [3.8, 4) is 0 Å². The molecule has 2 aliphatic rings. The lowest BCUT2D eigenvalue weighted by Crippen LogP contribution is -2.10. The molecule has 2 fully saturated rings. The second kappa shape index (κ2) is 3.05. The summed E-state index contributed by atoms with van der Waals surface area (Å²) in [7, 11) is 0. The van der Waals surface area contributed by atoms with Gasteiger partial charge in [0, 0.05) is 12.5 Å². The second-order valence-electron chi connectivity index (χ2n) is 3.42. The van der Waals surface area contributed by atoms with Gasteiger partial charge in [-0.25, -0.2) is 0 Å².